The zero-order chi connectivity index (χ0) is 15.4. The van der Waals surface area contributed by atoms with E-state index in [0.29, 0.717) is 11.8 Å². The third-order valence-electron chi connectivity index (χ3n) is 3.86. The molecule has 0 bridgehead atoms. The standard InChI is InChI=1S/C17H23N3O/c1-6-11(3)16-13-8-9-15(21-5)20-17(13)18-10-14(16)19-12(4)7-2/h8-11H,6-7H2,1-5H3. The highest BCUT2D eigenvalue weighted by atomic mass is 16.5. The molecule has 2 aromatic heterocycles. The van der Waals surface area contributed by atoms with Gasteiger partial charge >= 0.3 is 0 Å². The molecule has 4 heteroatoms. The van der Waals surface area contributed by atoms with Gasteiger partial charge in [0.15, 0.2) is 5.65 Å². The highest BCUT2D eigenvalue weighted by Crippen LogP contribution is 2.35. The first-order valence-corrected chi connectivity index (χ1v) is 7.48. The Morgan fingerprint density at radius 1 is 1.33 bits per heavy atom. The molecular formula is C17H23N3O. The predicted octanol–water partition coefficient (Wildman–Crippen LogP) is 4.65. The van der Waals surface area contributed by atoms with Gasteiger partial charge < -0.3 is 4.74 Å². The average molecular weight is 285 g/mol. The first kappa shape index (κ1) is 15.4. The first-order valence-electron chi connectivity index (χ1n) is 7.48. The lowest BCUT2D eigenvalue weighted by Crippen LogP contribution is -1.99. The molecule has 0 aliphatic carbocycles. The lowest BCUT2D eigenvalue weighted by Gasteiger charge is -2.15. The fraction of sp³-hybridized carbons (Fsp3) is 0.471. The summed E-state index contributed by atoms with van der Waals surface area (Å²) in [5.74, 6) is 1.00. The predicted molar refractivity (Wildman–Crippen MR) is 87.9 cm³/mol. The van der Waals surface area contributed by atoms with Gasteiger partial charge in [-0.05, 0) is 37.3 Å². The number of pyridine rings is 2. The van der Waals surface area contributed by atoms with E-state index in [1.807, 2.05) is 18.3 Å². The quantitative estimate of drug-likeness (QED) is 0.751. The van der Waals surface area contributed by atoms with E-state index in [1.54, 1.807) is 7.11 Å². The van der Waals surface area contributed by atoms with Gasteiger partial charge in [0.2, 0.25) is 5.88 Å². The van der Waals surface area contributed by atoms with Crippen LogP contribution in [0.2, 0.25) is 0 Å². The van der Waals surface area contributed by atoms with Crippen molar-refractivity contribution in [3.8, 4) is 5.88 Å². The molecule has 0 amide bonds. The number of methoxy groups -OCH3 is 1. The molecule has 0 N–H and O–H groups in total. The van der Waals surface area contributed by atoms with Crippen LogP contribution >= 0.6 is 0 Å². The molecule has 0 spiro atoms. The second-order valence-corrected chi connectivity index (χ2v) is 5.29. The van der Waals surface area contributed by atoms with Crippen molar-refractivity contribution in [3.05, 3.63) is 23.9 Å². The average Bonchev–Trinajstić information content (AvgIpc) is 2.53. The van der Waals surface area contributed by atoms with Gasteiger partial charge in [0, 0.05) is 17.2 Å². The Kier molecular flexibility index (Phi) is 4.89. The Bertz CT molecular complexity index is 664. The molecule has 2 heterocycles. The molecule has 0 aromatic carbocycles. The maximum Gasteiger partial charge on any atom is 0.215 e. The lowest BCUT2D eigenvalue weighted by atomic mass is 9.94. The minimum Gasteiger partial charge on any atom is -0.481 e. The van der Waals surface area contributed by atoms with E-state index in [-0.39, 0.29) is 0 Å². The van der Waals surface area contributed by atoms with Crippen LogP contribution in [0.4, 0.5) is 5.69 Å². The van der Waals surface area contributed by atoms with Crippen molar-refractivity contribution < 1.29 is 4.74 Å². The zero-order valence-corrected chi connectivity index (χ0v) is 13.5. The highest BCUT2D eigenvalue weighted by Gasteiger charge is 2.15. The molecule has 0 fully saturated rings. The largest absolute Gasteiger partial charge is 0.481 e. The number of aromatic nitrogens is 2. The van der Waals surface area contributed by atoms with E-state index in [0.717, 1.165) is 35.3 Å². The van der Waals surface area contributed by atoms with E-state index in [1.165, 1.54) is 5.56 Å². The molecule has 2 aromatic rings. The van der Waals surface area contributed by atoms with Gasteiger partial charge in [0.05, 0.1) is 19.0 Å². The Hall–Kier alpha value is -1.97. The van der Waals surface area contributed by atoms with Gasteiger partial charge in [-0.1, -0.05) is 20.8 Å². The molecule has 0 radical (unpaired) electrons. The Labute approximate surface area is 126 Å². The van der Waals surface area contributed by atoms with Crippen molar-refractivity contribution in [1.82, 2.24) is 9.97 Å². The third-order valence-corrected chi connectivity index (χ3v) is 3.86. The molecule has 0 aliphatic heterocycles. The molecule has 0 saturated heterocycles. The van der Waals surface area contributed by atoms with Crippen LogP contribution in [0.25, 0.3) is 11.0 Å². The Morgan fingerprint density at radius 2 is 2.10 bits per heavy atom. The number of fused-ring (bicyclic) bond motifs is 1. The summed E-state index contributed by atoms with van der Waals surface area (Å²) in [6.45, 7) is 8.58. The smallest absolute Gasteiger partial charge is 0.215 e. The van der Waals surface area contributed by atoms with Crippen molar-refractivity contribution in [2.75, 3.05) is 7.11 Å². The molecule has 112 valence electrons. The number of rotatable bonds is 5. The maximum atomic E-state index is 5.18. The van der Waals surface area contributed by atoms with Crippen LogP contribution in [0.1, 0.15) is 52.0 Å². The van der Waals surface area contributed by atoms with Crippen LogP contribution in [-0.2, 0) is 0 Å². The van der Waals surface area contributed by atoms with E-state index in [2.05, 4.69) is 37.7 Å². The van der Waals surface area contributed by atoms with Gasteiger partial charge in [0.25, 0.3) is 0 Å². The summed E-state index contributed by atoms with van der Waals surface area (Å²) in [4.78, 5) is 13.6. The minimum atomic E-state index is 0.411. The number of ether oxygens (including phenoxy) is 1. The van der Waals surface area contributed by atoms with Gasteiger partial charge in [-0.25, -0.2) is 4.98 Å². The summed E-state index contributed by atoms with van der Waals surface area (Å²) in [5.41, 5.74) is 4.02. The number of hydrogen-bond donors (Lipinski definition) is 0. The van der Waals surface area contributed by atoms with Gasteiger partial charge in [-0.15, -0.1) is 0 Å². The SMILES string of the molecule is CCC(C)=Nc1cnc2nc(OC)ccc2c1C(C)CC. The van der Waals surface area contributed by atoms with Crippen molar-refractivity contribution in [2.24, 2.45) is 4.99 Å². The summed E-state index contributed by atoms with van der Waals surface area (Å²) >= 11 is 0. The topological polar surface area (TPSA) is 47.4 Å². The van der Waals surface area contributed by atoms with Gasteiger partial charge in [-0.3, -0.25) is 4.99 Å². The second-order valence-electron chi connectivity index (χ2n) is 5.29. The van der Waals surface area contributed by atoms with Crippen LogP contribution in [0.5, 0.6) is 5.88 Å². The van der Waals surface area contributed by atoms with Gasteiger partial charge in [0.1, 0.15) is 0 Å². The van der Waals surface area contributed by atoms with Crippen LogP contribution in [0.15, 0.2) is 23.3 Å². The second kappa shape index (κ2) is 6.66. The van der Waals surface area contributed by atoms with Crippen LogP contribution in [0, 0.1) is 0 Å². The highest BCUT2D eigenvalue weighted by molar-refractivity contribution is 5.89. The summed E-state index contributed by atoms with van der Waals surface area (Å²) in [7, 11) is 1.62. The molecule has 4 nitrogen and oxygen atoms in total. The van der Waals surface area contributed by atoms with Crippen molar-refractivity contribution >= 4 is 22.4 Å². The van der Waals surface area contributed by atoms with Crippen LogP contribution < -0.4 is 4.74 Å². The molecule has 21 heavy (non-hydrogen) atoms. The minimum absolute atomic E-state index is 0.411. The van der Waals surface area contributed by atoms with Crippen molar-refractivity contribution in [2.45, 2.75) is 46.5 Å². The zero-order valence-electron chi connectivity index (χ0n) is 13.5. The Balaban J connectivity index is 2.70. The van der Waals surface area contributed by atoms with E-state index < -0.39 is 0 Å². The van der Waals surface area contributed by atoms with Crippen LogP contribution in [-0.4, -0.2) is 22.8 Å². The molecule has 0 aliphatic rings. The third kappa shape index (κ3) is 3.20. The normalized spacial score (nSPS) is 13.5. The number of aliphatic imine (C=N–C) groups is 1. The summed E-state index contributed by atoms with van der Waals surface area (Å²) in [6, 6.07) is 3.92. The molecular weight excluding hydrogens is 262 g/mol. The van der Waals surface area contributed by atoms with Gasteiger partial charge in [-0.2, -0.15) is 4.98 Å². The van der Waals surface area contributed by atoms with E-state index in [9.17, 15) is 0 Å². The van der Waals surface area contributed by atoms with Crippen molar-refractivity contribution in [1.29, 1.82) is 0 Å². The fourth-order valence-electron chi connectivity index (χ4n) is 2.28. The number of nitrogens with zero attached hydrogens (tertiary/aromatic N) is 3. The first-order chi connectivity index (χ1) is 10.1. The molecule has 0 saturated carbocycles. The fourth-order valence-corrected chi connectivity index (χ4v) is 2.28. The molecule has 1 unspecified atom stereocenters. The van der Waals surface area contributed by atoms with Crippen molar-refractivity contribution in [3.63, 3.8) is 0 Å². The summed E-state index contributed by atoms with van der Waals surface area (Å²) in [6.07, 6.45) is 3.83. The summed E-state index contributed by atoms with van der Waals surface area (Å²) < 4.78 is 5.18. The summed E-state index contributed by atoms with van der Waals surface area (Å²) in [5, 5.41) is 1.07. The molecule has 2 rings (SSSR count). The molecule has 1 atom stereocenters. The van der Waals surface area contributed by atoms with E-state index >= 15 is 0 Å². The Morgan fingerprint density at radius 3 is 2.71 bits per heavy atom. The number of hydrogen-bond acceptors (Lipinski definition) is 4. The lowest BCUT2D eigenvalue weighted by molar-refractivity contribution is 0.399. The van der Waals surface area contributed by atoms with E-state index in [4.69, 9.17) is 9.73 Å². The monoisotopic (exact) mass is 285 g/mol. The van der Waals surface area contributed by atoms with Crippen LogP contribution in [0.3, 0.4) is 0 Å². The maximum absolute atomic E-state index is 5.18.